The maximum Gasteiger partial charge on any atom is 0.128 e. The lowest BCUT2D eigenvalue weighted by Crippen LogP contribution is -2.45. The summed E-state index contributed by atoms with van der Waals surface area (Å²) < 4.78 is 15.1. The zero-order valence-electron chi connectivity index (χ0n) is 12.4. The van der Waals surface area contributed by atoms with Gasteiger partial charge in [0.15, 0.2) is 0 Å². The molecule has 1 aliphatic rings. The van der Waals surface area contributed by atoms with Crippen molar-refractivity contribution in [3.05, 3.63) is 34.1 Å². The molecule has 0 saturated carbocycles. The van der Waals surface area contributed by atoms with E-state index in [4.69, 9.17) is 0 Å². The zero-order valence-corrected chi connectivity index (χ0v) is 15.7. The maximum atomic E-state index is 14.2. The smallest absolute Gasteiger partial charge is 0.128 e. The largest absolute Gasteiger partial charge is 0.314 e. The highest BCUT2D eigenvalue weighted by Gasteiger charge is 2.25. The Morgan fingerprint density at radius 3 is 2.43 bits per heavy atom. The van der Waals surface area contributed by atoms with Crippen molar-refractivity contribution in [2.45, 2.75) is 26.3 Å². The minimum absolute atomic E-state index is 0. The quantitative estimate of drug-likeness (QED) is 0.802. The van der Waals surface area contributed by atoms with Crippen LogP contribution in [0.3, 0.4) is 0 Å². The van der Waals surface area contributed by atoms with Crippen LogP contribution in [0.5, 0.6) is 0 Å². The zero-order chi connectivity index (χ0) is 13.8. The summed E-state index contributed by atoms with van der Waals surface area (Å²) >= 11 is 3.46. The van der Waals surface area contributed by atoms with Crippen molar-refractivity contribution in [3.63, 3.8) is 0 Å². The second kappa shape index (κ2) is 10.0. The number of benzene rings is 1. The molecule has 0 unspecified atom stereocenters. The molecule has 0 spiro atoms. The lowest BCUT2D eigenvalue weighted by Gasteiger charge is -2.36. The standard InChI is InChI=1S/C15H22BrFN2.2ClH/c1-11(2)9-15(19-7-5-18-6-8-19)13-10-12(16)3-4-14(13)17;;/h3-4,10-11,15,18H,5-9H2,1-2H3;2*1H/t15-;;/m0../s1. The molecule has 0 amide bonds. The summed E-state index contributed by atoms with van der Waals surface area (Å²) in [5, 5.41) is 3.36. The van der Waals surface area contributed by atoms with Crippen molar-refractivity contribution in [2.24, 2.45) is 5.92 Å². The predicted molar refractivity (Wildman–Crippen MR) is 95.2 cm³/mol. The molecule has 1 fully saturated rings. The van der Waals surface area contributed by atoms with Crippen LogP contribution in [0.1, 0.15) is 31.9 Å². The molecular formula is C15H24BrCl2FN2. The molecule has 0 bridgehead atoms. The van der Waals surface area contributed by atoms with E-state index in [1.54, 1.807) is 12.1 Å². The Labute approximate surface area is 147 Å². The van der Waals surface area contributed by atoms with Crippen molar-refractivity contribution in [3.8, 4) is 0 Å². The van der Waals surface area contributed by atoms with Gasteiger partial charge in [0.25, 0.3) is 0 Å². The molecule has 122 valence electrons. The Kier molecular flexibility index (Phi) is 10.1. The topological polar surface area (TPSA) is 15.3 Å². The third-order valence-electron chi connectivity index (χ3n) is 3.60. The van der Waals surface area contributed by atoms with Crippen molar-refractivity contribution >= 4 is 40.7 Å². The Morgan fingerprint density at radius 2 is 1.86 bits per heavy atom. The summed E-state index contributed by atoms with van der Waals surface area (Å²) in [4.78, 5) is 2.40. The SMILES string of the molecule is CC(C)C[C@@H](c1cc(Br)ccc1F)N1CCNCC1.Cl.Cl. The molecule has 1 saturated heterocycles. The van der Waals surface area contributed by atoms with Crippen molar-refractivity contribution in [1.82, 2.24) is 10.2 Å². The van der Waals surface area contributed by atoms with Crippen LogP contribution in [0.4, 0.5) is 4.39 Å². The van der Waals surface area contributed by atoms with Gasteiger partial charge >= 0.3 is 0 Å². The lowest BCUT2D eigenvalue weighted by atomic mass is 9.94. The minimum atomic E-state index is -0.0904. The van der Waals surface area contributed by atoms with Gasteiger partial charge in [-0.05, 0) is 30.5 Å². The van der Waals surface area contributed by atoms with E-state index >= 15 is 0 Å². The lowest BCUT2D eigenvalue weighted by molar-refractivity contribution is 0.151. The Balaban J connectivity index is 0.00000200. The highest BCUT2D eigenvalue weighted by molar-refractivity contribution is 9.10. The van der Waals surface area contributed by atoms with Gasteiger partial charge in [0.1, 0.15) is 5.82 Å². The second-order valence-electron chi connectivity index (χ2n) is 5.60. The second-order valence-corrected chi connectivity index (χ2v) is 6.51. The fraction of sp³-hybridized carbons (Fsp3) is 0.600. The molecule has 1 aliphatic heterocycles. The van der Waals surface area contributed by atoms with Crippen molar-refractivity contribution in [1.29, 1.82) is 0 Å². The Hall–Kier alpha value is 0.130. The van der Waals surface area contributed by atoms with Gasteiger partial charge in [-0.2, -0.15) is 0 Å². The molecule has 1 heterocycles. The average Bonchev–Trinajstić information content (AvgIpc) is 2.40. The van der Waals surface area contributed by atoms with Crippen LogP contribution in [0.2, 0.25) is 0 Å². The number of halogens is 4. The fourth-order valence-corrected chi connectivity index (χ4v) is 3.06. The van der Waals surface area contributed by atoms with Crippen LogP contribution in [0.15, 0.2) is 22.7 Å². The molecule has 0 aromatic heterocycles. The monoisotopic (exact) mass is 400 g/mol. The highest BCUT2D eigenvalue weighted by atomic mass is 79.9. The van der Waals surface area contributed by atoms with E-state index in [2.05, 4.69) is 40.0 Å². The number of nitrogens with zero attached hydrogens (tertiary/aromatic N) is 1. The van der Waals surface area contributed by atoms with Gasteiger partial charge < -0.3 is 5.32 Å². The molecule has 1 atom stereocenters. The van der Waals surface area contributed by atoms with Crippen LogP contribution < -0.4 is 5.32 Å². The predicted octanol–water partition coefficient (Wildman–Crippen LogP) is 4.42. The number of hydrogen-bond acceptors (Lipinski definition) is 2. The third kappa shape index (κ3) is 6.03. The molecule has 1 aromatic carbocycles. The molecule has 1 N–H and O–H groups in total. The summed E-state index contributed by atoms with van der Waals surface area (Å²) in [7, 11) is 0. The Bertz CT molecular complexity index is 426. The molecule has 2 nitrogen and oxygen atoms in total. The highest BCUT2D eigenvalue weighted by Crippen LogP contribution is 2.31. The van der Waals surface area contributed by atoms with E-state index in [0.29, 0.717) is 5.92 Å². The van der Waals surface area contributed by atoms with Crippen molar-refractivity contribution in [2.75, 3.05) is 26.2 Å². The number of nitrogens with one attached hydrogen (secondary N) is 1. The third-order valence-corrected chi connectivity index (χ3v) is 4.10. The molecule has 0 aliphatic carbocycles. The molecule has 1 aromatic rings. The Morgan fingerprint density at radius 1 is 1.24 bits per heavy atom. The summed E-state index contributed by atoms with van der Waals surface area (Å²) in [6.07, 6.45) is 0.993. The van der Waals surface area contributed by atoms with Crippen LogP contribution >= 0.6 is 40.7 Å². The van der Waals surface area contributed by atoms with E-state index in [-0.39, 0.29) is 36.7 Å². The summed E-state index contributed by atoms with van der Waals surface area (Å²) in [5.74, 6) is 0.464. The van der Waals surface area contributed by atoms with E-state index < -0.39 is 0 Å². The summed E-state index contributed by atoms with van der Waals surface area (Å²) in [5.41, 5.74) is 0.824. The first-order chi connectivity index (χ1) is 9.08. The van der Waals surface area contributed by atoms with E-state index in [1.807, 2.05) is 6.07 Å². The molecule has 21 heavy (non-hydrogen) atoms. The maximum absolute atomic E-state index is 14.2. The molecule has 0 radical (unpaired) electrons. The summed E-state index contributed by atoms with van der Waals surface area (Å²) in [6, 6.07) is 5.45. The molecular weight excluding hydrogens is 378 g/mol. The van der Waals surface area contributed by atoms with Crippen LogP contribution in [0.25, 0.3) is 0 Å². The van der Waals surface area contributed by atoms with Gasteiger partial charge in [-0.15, -0.1) is 24.8 Å². The van der Waals surface area contributed by atoms with E-state index in [1.165, 1.54) is 0 Å². The van der Waals surface area contributed by atoms with Crippen LogP contribution in [0, 0.1) is 11.7 Å². The van der Waals surface area contributed by atoms with E-state index in [0.717, 1.165) is 42.6 Å². The number of rotatable bonds is 4. The van der Waals surface area contributed by atoms with Crippen LogP contribution in [-0.2, 0) is 0 Å². The van der Waals surface area contributed by atoms with Gasteiger partial charge in [-0.3, -0.25) is 4.90 Å². The minimum Gasteiger partial charge on any atom is -0.314 e. The first kappa shape index (κ1) is 21.1. The van der Waals surface area contributed by atoms with Crippen LogP contribution in [-0.4, -0.2) is 31.1 Å². The summed E-state index contributed by atoms with van der Waals surface area (Å²) in [6.45, 7) is 8.36. The fourth-order valence-electron chi connectivity index (χ4n) is 2.68. The number of hydrogen-bond donors (Lipinski definition) is 1. The first-order valence-electron chi connectivity index (χ1n) is 6.97. The molecule has 2 rings (SSSR count). The van der Waals surface area contributed by atoms with Crippen molar-refractivity contribution < 1.29 is 4.39 Å². The van der Waals surface area contributed by atoms with Gasteiger partial charge in [-0.25, -0.2) is 4.39 Å². The van der Waals surface area contributed by atoms with E-state index in [9.17, 15) is 4.39 Å². The number of piperazine rings is 1. The van der Waals surface area contributed by atoms with Gasteiger partial charge in [0.05, 0.1) is 0 Å². The molecule has 6 heteroatoms. The first-order valence-corrected chi connectivity index (χ1v) is 7.77. The van der Waals surface area contributed by atoms with Gasteiger partial charge in [-0.1, -0.05) is 29.8 Å². The normalized spacial score (nSPS) is 17.0. The van der Waals surface area contributed by atoms with Gasteiger partial charge in [0.2, 0.25) is 0 Å². The average molecular weight is 402 g/mol. The van der Waals surface area contributed by atoms with Gasteiger partial charge in [0, 0.05) is 42.3 Å².